The molecule has 1 N–H and O–H groups in total. The van der Waals surface area contributed by atoms with E-state index in [0.29, 0.717) is 13.1 Å². The summed E-state index contributed by atoms with van der Waals surface area (Å²) in [6.45, 7) is 10.1. The van der Waals surface area contributed by atoms with Crippen LogP contribution in [0.4, 0.5) is 9.59 Å². The molecule has 6 nitrogen and oxygen atoms in total. The Bertz CT molecular complexity index is 309. The van der Waals surface area contributed by atoms with Gasteiger partial charge in [0.15, 0.2) is 0 Å². The first kappa shape index (κ1) is 18.5. The Morgan fingerprint density at radius 3 is 2.20 bits per heavy atom. The SMILES string of the molecule is CCC(CC)OC(=O)NCCN(C)C(=O)OC(C)(C)C. The number of carbonyl (C=O) groups excluding carboxylic acids is 2. The van der Waals surface area contributed by atoms with E-state index in [1.54, 1.807) is 7.05 Å². The minimum absolute atomic E-state index is 0.0569. The van der Waals surface area contributed by atoms with Crippen LogP contribution in [-0.4, -0.2) is 48.9 Å². The number of likely N-dealkylation sites (N-methyl/N-ethyl adjacent to an activating group) is 1. The Balaban J connectivity index is 3.94. The second kappa shape index (κ2) is 8.66. The van der Waals surface area contributed by atoms with Crippen LogP contribution in [0.2, 0.25) is 0 Å². The summed E-state index contributed by atoms with van der Waals surface area (Å²) in [5.74, 6) is 0. The van der Waals surface area contributed by atoms with E-state index in [4.69, 9.17) is 9.47 Å². The van der Waals surface area contributed by atoms with Crippen LogP contribution < -0.4 is 5.32 Å². The first-order valence-electron chi connectivity index (χ1n) is 7.08. The summed E-state index contributed by atoms with van der Waals surface area (Å²) in [6, 6.07) is 0. The third kappa shape index (κ3) is 8.61. The van der Waals surface area contributed by atoms with Gasteiger partial charge < -0.3 is 19.7 Å². The fourth-order valence-corrected chi connectivity index (χ4v) is 1.41. The van der Waals surface area contributed by atoms with Crippen molar-refractivity contribution in [3.05, 3.63) is 0 Å². The van der Waals surface area contributed by atoms with Crippen molar-refractivity contribution in [1.82, 2.24) is 10.2 Å². The maximum absolute atomic E-state index is 11.7. The lowest BCUT2D eigenvalue weighted by molar-refractivity contribution is 0.0297. The van der Waals surface area contributed by atoms with E-state index in [2.05, 4.69) is 5.32 Å². The molecule has 0 heterocycles. The maximum atomic E-state index is 11.7. The minimum atomic E-state index is -0.521. The third-order valence-corrected chi connectivity index (χ3v) is 2.61. The molecule has 0 unspecified atom stereocenters. The van der Waals surface area contributed by atoms with Crippen molar-refractivity contribution < 1.29 is 19.1 Å². The summed E-state index contributed by atoms with van der Waals surface area (Å²) in [5, 5.41) is 2.62. The van der Waals surface area contributed by atoms with Crippen LogP contribution in [-0.2, 0) is 9.47 Å². The predicted octanol–water partition coefficient (Wildman–Crippen LogP) is 2.77. The summed E-state index contributed by atoms with van der Waals surface area (Å²) < 4.78 is 10.4. The van der Waals surface area contributed by atoms with Crippen LogP contribution in [0.15, 0.2) is 0 Å². The van der Waals surface area contributed by atoms with Crippen LogP contribution >= 0.6 is 0 Å². The number of hydrogen-bond donors (Lipinski definition) is 1. The Labute approximate surface area is 121 Å². The summed E-state index contributed by atoms with van der Waals surface area (Å²) in [6.07, 6.45) is 0.672. The summed E-state index contributed by atoms with van der Waals surface area (Å²) in [7, 11) is 1.63. The summed E-state index contributed by atoms with van der Waals surface area (Å²) >= 11 is 0. The molecule has 0 saturated heterocycles. The standard InChI is InChI=1S/C14H28N2O4/c1-7-11(8-2)19-12(17)15-9-10-16(6)13(18)20-14(3,4)5/h11H,7-10H2,1-6H3,(H,15,17). The molecule has 2 amide bonds. The number of nitrogens with one attached hydrogen (secondary N) is 1. The average molecular weight is 288 g/mol. The highest BCUT2D eigenvalue weighted by molar-refractivity contribution is 5.68. The second-order valence-electron chi connectivity index (χ2n) is 5.67. The first-order chi connectivity index (χ1) is 9.19. The van der Waals surface area contributed by atoms with Gasteiger partial charge in [-0.05, 0) is 33.6 Å². The Morgan fingerprint density at radius 1 is 1.20 bits per heavy atom. The number of ether oxygens (including phenoxy) is 2. The van der Waals surface area contributed by atoms with E-state index in [0.717, 1.165) is 12.8 Å². The number of nitrogens with zero attached hydrogens (tertiary/aromatic N) is 1. The van der Waals surface area contributed by atoms with Gasteiger partial charge in [0.25, 0.3) is 0 Å². The molecule has 0 aliphatic carbocycles. The van der Waals surface area contributed by atoms with Gasteiger partial charge in [0.2, 0.25) is 0 Å². The van der Waals surface area contributed by atoms with Crippen LogP contribution in [0.3, 0.4) is 0 Å². The molecule has 0 aromatic heterocycles. The van der Waals surface area contributed by atoms with E-state index in [-0.39, 0.29) is 6.10 Å². The van der Waals surface area contributed by atoms with Gasteiger partial charge in [-0.3, -0.25) is 0 Å². The van der Waals surface area contributed by atoms with Gasteiger partial charge in [0.05, 0.1) is 0 Å². The normalized spacial score (nSPS) is 11.2. The number of hydrogen-bond acceptors (Lipinski definition) is 4. The fourth-order valence-electron chi connectivity index (χ4n) is 1.41. The van der Waals surface area contributed by atoms with E-state index in [9.17, 15) is 9.59 Å². The Morgan fingerprint density at radius 2 is 1.75 bits per heavy atom. The van der Waals surface area contributed by atoms with Gasteiger partial charge in [-0.25, -0.2) is 9.59 Å². The van der Waals surface area contributed by atoms with E-state index >= 15 is 0 Å². The predicted molar refractivity (Wildman–Crippen MR) is 77.7 cm³/mol. The van der Waals surface area contributed by atoms with Crippen LogP contribution in [0.1, 0.15) is 47.5 Å². The molecule has 20 heavy (non-hydrogen) atoms. The zero-order chi connectivity index (χ0) is 15.8. The topological polar surface area (TPSA) is 67.9 Å². The lowest BCUT2D eigenvalue weighted by Gasteiger charge is -2.24. The van der Waals surface area contributed by atoms with Crippen molar-refractivity contribution in [2.75, 3.05) is 20.1 Å². The molecule has 0 aromatic carbocycles. The zero-order valence-electron chi connectivity index (χ0n) is 13.5. The molecule has 0 saturated carbocycles. The highest BCUT2D eigenvalue weighted by Gasteiger charge is 2.19. The third-order valence-electron chi connectivity index (χ3n) is 2.61. The number of amides is 2. The van der Waals surface area contributed by atoms with Crippen molar-refractivity contribution in [2.24, 2.45) is 0 Å². The highest BCUT2D eigenvalue weighted by Crippen LogP contribution is 2.08. The number of alkyl carbamates (subject to hydrolysis) is 1. The van der Waals surface area contributed by atoms with Crippen molar-refractivity contribution in [1.29, 1.82) is 0 Å². The molecular weight excluding hydrogens is 260 g/mol. The monoisotopic (exact) mass is 288 g/mol. The highest BCUT2D eigenvalue weighted by atomic mass is 16.6. The van der Waals surface area contributed by atoms with Crippen molar-refractivity contribution in [3.63, 3.8) is 0 Å². The van der Waals surface area contributed by atoms with Gasteiger partial charge in [0, 0.05) is 20.1 Å². The molecule has 0 aliphatic heterocycles. The molecule has 118 valence electrons. The number of carbonyl (C=O) groups is 2. The molecule has 0 bridgehead atoms. The number of rotatable bonds is 6. The van der Waals surface area contributed by atoms with Gasteiger partial charge in [-0.1, -0.05) is 13.8 Å². The van der Waals surface area contributed by atoms with Crippen LogP contribution in [0.25, 0.3) is 0 Å². The zero-order valence-corrected chi connectivity index (χ0v) is 13.5. The smallest absolute Gasteiger partial charge is 0.410 e. The fraction of sp³-hybridized carbons (Fsp3) is 0.857. The van der Waals surface area contributed by atoms with Gasteiger partial charge in [-0.2, -0.15) is 0 Å². The van der Waals surface area contributed by atoms with Crippen molar-refractivity contribution >= 4 is 12.2 Å². The molecule has 0 radical (unpaired) electrons. The van der Waals surface area contributed by atoms with Crippen molar-refractivity contribution in [3.8, 4) is 0 Å². The maximum Gasteiger partial charge on any atom is 0.410 e. The Hall–Kier alpha value is -1.46. The van der Waals surface area contributed by atoms with Crippen molar-refractivity contribution in [2.45, 2.75) is 59.2 Å². The quantitative estimate of drug-likeness (QED) is 0.816. The summed E-state index contributed by atoms with van der Waals surface area (Å²) in [5.41, 5.74) is -0.521. The lowest BCUT2D eigenvalue weighted by atomic mass is 10.2. The minimum Gasteiger partial charge on any atom is -0.446 e. The van der Waals surface area contributed by atoms with E-state index < -0.39 is 17.8 Å². The lowest BCUT2D eigenvalue weighted by Crippen LogP contribution is -2.39. The molecule has 0 spiro atoms. The van der Waals surface area contributed by atoms with E-state index in [1.165, 1.54) is 4.90 Å². The van der Waals surface area contributed by atoms with Gasteiger partial charge in [-0.15, -0.1) is 0 Å². The molecule has 0 rings (SSSR count). The molecular formula is C14H28N2O4. The van der Waals surface area contributed by atoms with Gasteiger partial charge >= 0.3 is 12.2 Å². The van der Waals surface area contributed by atoms with Crippen LogP contribution in [0.5, 0.6) is 0 Å². The van der Waals surface area contributed by atoms with Gasteiger partial charge in [0.1, 0.15) is 11.7 Å². The largest absolute Gasteiger partial charge is 0.446 e. The molecule has 0 fully saturated rings. The second-order valence-corrected chi connectivity index (χ2v) is 5.67. The van der Waals surface area contributed by atoms with Crippen LogP contribution in [0, 0.1) is 0 Å². The molecule has 0 aromatic rings. The summed E-state index contributed by atoms with van der Waals surface area (Å²) in [4.78, 5) is 24.6. The van der Waals surface area contributed by atoms with E-state index in [1.807, 2.05) is 34.6 Å². The Kier molecular flexibility index (Phi) is 8.03. The molecule has 0 atom stereocenters. The average Bonchev–Trinajstić information content (AvgIpc) is 2.33. The molecule has 0 aliphatic rings. The first-order valence-corrected chi connectivity index (χ1v) is 7.08. The molecule has 6 heteroatoms.